The molecule has 0 aliphatic carbocycles. The topological polar surface area (TPSA) is 117 Å². The van der Waals surface area contributed by atoms with Gasteiger partial charge in [0.25, 0.3) is 0 Å². The highest BCUT2D eigenvalue weighted by molar-refractivity contribution is 7.89. The number of nitrogens with one attached hydrogen (secondary N) is 1. The maximum atomic E-state index is 12.9. The lowest BCUT2D eigenvalue weighted by molar-refractivity contribution is 0.101. The molecule has 0 radical (unpaired) electrons. The van der Waals surface area contributed by atoms with Gasteiger partial charge in [-0.25, -0.2) is 26.5 Å². The van der Waals surface area contributed by atoms with E-state index in [0.29, 0.717) is 37.3 Å². The summed E-state index contributed by atoms with van der Waals surface area (Å²) in [7, 11) is -7.30. The minimum Gasteiger partial charge on any atom is -0.354 e. The molecule has 11 heteroatoms. The predicted octanol–water partition coefficient (Wildman–Crippen LogP) is 2.26. The first-order valence-electron chi connectivity index (χ1n) is 10.9. The Morgan fingerprint density at radius 3 is 2.00 bits per heavy atom. The van der Waals surface area contributed by atoms with Gasteiger partial charge >= 0.3 is 0 Å². The van der Waals surface area contributed by atoms with Crippen molar-refractivity contribution in [2.45, 2.75) is 49.4 Å². The van der Waals surface area contributed by atoms with Crippen LogP contribution in [0.25, 0.3) is 0 Å². The van der Waals surface area contributed by atoms with Gasteiger partial charge in [0.1, 0.15) is 10.7 Å². The number of pyridine rings is 1. The SMILES string of the molecule is CCC(CC)NS(=O)(=O)c1ccc(N2CCN(S(=O)(=O)c3ccc(C(C)=O)cc3)CC2)nc1. The summed E-state index contributed by atoms with van der Waals surface area (Å²) in [5, 5.41) is 0. The second-order valence-electron chi connectivity index (χ2n) is 7.96. The summed E-state index contributed by atoms with van der Waals surface area (Å²) >= 11 is 0. The molecular formula is C22H30N4O5S2. The number of benzene rings is 1. The zero-order chi connectivity index (χ0) is 24.2. The molecule has 0 unspecified atom stereocenters. The van der Waals surface area contributed by atoms with Gasteiger partial charge < -0.3 is 4.90 Å². The summed E-state index contributed by atoms with van der Waals surface area (Å²) in [6.07, 6.45) is 2.74. The van der Waals surface area contributed by atoms with E-state index in [-0.39, 0.29) is 34.7 Å². The van der Waals surface area contributed by atoms with Crippen molar-refractivity contribution in [3.05, 3.63) is 48.2 Å². The fourth-order valence-corrected chi connectivity index (χ4v) is 6.40. The van der Waals surface area contributed by atoms with E-state index < -0.39 is 20.0 Å². The van der Waals surface area contributed by atoms with E-state index in [4.69, 9.17) is 0 Å². The Morgan fingerprint density at radius 1 is 0.939 bits per heavy atom. The summed E-state index contributed by atoms with van der Waals surface area (Å²) < 4.78 is 55.0. The lowest BCUT2D eigenvalue weighted by Crippen LogP contribution is -2.48. The summed E-state index contributed by atoms with van der Waals surface area (Å²) in [5.41, 5.74) is 0.463. The van der Waals surface area contributed by atoms with Gasteiger partial charge in [0.15, 0.2) is 5.78 Å². The van der Waals surface area contributed by atoms with Gasteiger partial charge in [0.2, 0.25) is 20.0 Å². The summed E-state index contributed by atoms with van der Waals surface area (Å²) in [5.74, 6) is 0.476. The quantitative estimate of drug-likeness (QED) is 0.532. The van der Waals surface area contributed by atoms with Gasteiger partial charge in [-0.2, -0.15) is 4.31 Å². The number of ketones is 1. The third-order valence-electron chi connectivity index (χ3n) is 5.80. The van der Waals surface area contributed by atoms with Crippen molar-refractivity contribution in [2.24, 2.45) is 0 Å². The molecule has 0 atom stereocenters. The van der Waals surface area contributed by atoms with Crippen molar-refractivity contribution < 1.29 is 21.6 Å². The second-order valence-corrected chi connectivity index (χ2v) is 11.6. The number of aromatic nitrogens is 1. The molecule has 1 aromatic carbocycles. The molecule has 1 N–H and O–H groups in total. The van der Waals surface area contributed by atoms with Crippen LogP contribution >= 0.6 is 0 Å². The molecule has 1 aliphatic rings. The van der Waals surface area contributed by atoms with Crippen LogP contribution in [0.5, 0.6) is 0 Å². The molecule has 3 rings (SSSR count). The zero-order valence-corrected chi connectivity index (χ0v) is 20.7. The number of piperazine rings is 1. The van der Waals surface area contributed by atoms with Gasteiger partial charge in [-0.05, 0) is 44.0 Å². The van der Waals surface area contributed by atoms with E-state index in [1.54, 1.807) is 6.07 Å². The van der Waals surface area contributed by atoms with Gasteiger partial charge in [-0.3, -0.25) is 4.79 Å². The molecule has 1 fully saturated rings. The van der Waals surface area contributed by atoms with Crippen LogP contribution in [0, 0.1) is 0 Å². The van der Waals surface area contributed by atoms with Crippen LogP contribution in [0.3, 0.4) is 0 Å². The van der Waals surface area contributed by atoms with Gasteiger partial charge in [0.05, 0.1) is 4.90 Å². The molecule has 2 aromatic rings. The molecule has 1 aromatic heterocycles. The number of anilines is 1. The van der Waals surface area contributed by atoms with Crippen LogP contribution in [0.2, 0.25) is 0 Å². The summed E-state index contributed by atoms with van der Waals surface area (Å²) in [6, 6.07) is 8.98. The molecule has 0 saturated carbocycles. The Bertz CT molecular complexity index is 1170. The zero-order valence-electron chi connectivity index (χ0n) is 19.1. The second kappa shape index (κ2) is 10.3. The van der Waals surface area contributed by atoms with Crippen molar-refractivity contribution in [3.8, 4) is 0 Å². The van der Waals surface area contributed by atoms with Crippen molar-refractivity contribution in [1.82, 2.24) is 14.0 Å². The first kappa shape index (κ1) is 25.3. The highest BCUT2D eigenvalue weighted by Crippen LogP contribution is 2.21. The lowest BCUT2D eigenvalue weighted by Gasteiger charge is -2.34. The van der Waals surface area contributed by atoms with Crippen LogP contribution in [0.15, 0.2) is 52.4 Å². The van der Waals surface area contributed by atoms with Crippen LogP contribution < -0.4 is 9.62 Å². The highest BCUT2D eigenvalue weighted by Gasteiger charge is 2.29. The minimum atomic E-state index is -3.67. The molecule has 180 valence electrons. The first-order chi connectivity index (χ1) is 15.6. The number of hydrogen-bond acceptors (Lipinski definition) is 7. The third kappa shape index (κ3) is 5.78. The first-order valence-corrected chi connectivity index (χ1v) is 13.8. The Balaban J connectivity index is 1.65. The smallest absolute Gasteiger partial charge is 0.243 e. The number of Topliss-reactive ketones (excluding diaryl/α,β-unsaturated/α-hetero) is 1. The molecule has 0 bridgehead atoms. The van der Waals surface area contributed by atoms with Crippen molar-refractivity contribution in [2.75, 3.05) is 31.1 Å². The molecule has 2 heterocycles. The molecule has 1 saturated heterocycles. The Morgan fingerprint density at radius 2 is 1.52 bits per heavy atom. The predicted molar refractivity (Wildman–Crippen MR) is 126 cm³/mol. The average molecular weight is 495 g/mol. The van der Waals surface area contributed by atoms with Gasteiger partial charge in [0, 0.05) is 44.0 Å². The Kier molecular flexibility index (Phi) is 7.88. The number of sulfonamides is 2. The minimum absolute atomic E-state index is 0.105. The van der Waals surface area contributed by atoms with E-state index in [9.17, 15) is 21.6 Å². The lowest BCUT2D eigenvalue weighted by atomic mass is 10.2. The molecule has 0 spiro atoms. The number of nitrogens with zero attached hydrogens (tertiary/aromatic N) is 3. The van der Waals surface area contributed by atoms with Crippen LogP contribution in [-0.2, 0) is 20.0 Å². The monoisotopic (exact) mass is 494 g/mol. The van der Waals surface area contributed by atoms with E-state index in [2.05, 4.69) is 9.71 Å². The molecular weight excluding hydrogens is 464 g/mol. The normalized spacial score (nSPS) is 15.7. The van der Waals surface area contributed by atoms with Crippen molar-refractivity contribution in [1.29, 1.82) is 0 Å². The molecule has 33 heavy (non-hydrogen) atoms. The van der Waals surface area contributed by atoms with Crippen molar-refractivity contribution >= 4 is 31.6 Å². The maximum Gasteiger partial charge on any atom is 0.243 e. The summed E-state index contributed by atoms with van der Waals surface area (Å²) in [4.78, 5) is 17.9. The van der Waals surface area contributed by atoms with Gasteiger partial charge in [-0.1, -0.05) is 26.0 Å². The number of carbonyl (C=O) groups is 1. The van der Waals surface area contributed by atoms with Crippen LogP contribution in [0.1, 0.15) is 44.0 Å². The number of carbonyl (C=O) groups excluding carboxylic acids is 1. The van der Waals surface area contributed by atoms with Crippen molar-refractivity contribution in [3.63, 3.8) is 0 Å². The van der Waals surface area contributed by atoms with E-state index in [0.717, 1.165) is 0 Å². The summed E-state index contributed by atoms with van der Waals surface area (Å²) in [6.45, 7) is 6.69. The Hall–Kier alpha value is -2.34. The molecule has 9 nitrogen and oxygen atoms in total. The number of rotatable bonds is 9. The molecule has 1 aliphatic heterocycles. The fourth-order valence-electron chi connectivity index (χ4n) is 3.63. The van der Waals surface area contributed by atoms with E-state index in [1.807, 2.05) is 18.7 Å². The Labute approximate surface area is 195 Å². The standard InChI is InChI=1S/C22H30N4O5S2/c1-4-19(5-2)24-32(28,29)21-10-11-22(23-16-21)25-12-14-26(15-13-25)33(30,31)20-8-6-18(7-9-20)17(3)27/h6-11,16,19,24H,4-5,12-15H2,1-3H3. The van der Waals surface area contributed by atoms with Crippen LogP contribution in [0.4, 0.5) is 5.82 Å². The average Bonchev–Trinajstić information content (AvgIpc) is 2.82. The van der Waals surface area contributed by atoms with E-state index in [1.165, 1.54) is 47.8 Å². The van der Waals surface area contributed by atoms with Gasteiger partial charge in [-0.15, -0.1) is 0 Å². The number of hydrogen-bond donors (Lipinski definition) is 1. The molecule has 0 amide bonds. The highest BCUT2D eigenvalue weighted by atomic mass is 32.2. The van der Waals surface area contributed by atoms with Crippen LogP contribution in [-0.4, -0.2) is 64.1 Å². The van der Waals surface area contributed by atoms with E-state index >= 15 is 0 Å². The maximum absolute atomic E-state index is 12.9. The fraction of sp³-hybridized carbons (Fsp3) is 0.455. The third-order valence-corrected chi connectivity index (χ3v) is 9.22. The largest absolute Gasteiger partial charge is 0.354 e.